The lowest BCUT2D eigenvalue weighted by Crippen LogP contribution is -2.56. The molecule has 0 atom stereocenters. The summed E-state index contributed by atoms with van der Waals surface area (Å²) in [5.74, 6) is -0.110. The average Bonchev–Trinajstić information content (AvgIpc) is 1.81. The highest BCUT2D eigenvalue weighted by Crippen LogP contribution is 2.22. The molecule has 0 spiro atoms. The molecule has 0 amide bonds. The summed E-state index contributed by atoms with van der Waals surface area (Å²) in [6.07, 6.45) is 0. The maximum atomic E-state index is 10.9. The summed E-state index contributed by atoms with van der Waals surface area (Å²) < 4.78 is 4.58. The molecule has 0 aromatic carbocycles. The second-order valence-electron chi connectivity index (χ2n) is 2.66. The largest absolute Gasteiger partial charge is 0.469 e. The van der Waals surface area contributed by atoms with Crippen LogP contribution in [0.4, 0.5) is 0 Å². The van der Waals surface area contributed by atoms with Crippen LogP contribution in [0.15, 0.2) is 0 Å². The van der Waals surface area contributed by atoms with Crippen LogP contribution in [0, 0.1) is 5.41 Å². The molecule has 1 heterocycles. The highest BCUT2D eigenvalue weighted by atomic mass is 35.5. The lowest BCUT2D eigenvalue weighted by Gasteiger charge is -2.35. The number of nitrogens with one attached hydrogen (secondary N) is 1. The highest BCUT2D eigenvalue weighted by Gasteiger charge is 2.40. The number of esters is 1. The van der Waals surface area contributed by atoms with Crippen molar-refractivity contribution in [3.63, 3.8) is 0 Å². The fourth-order valence-electron chi connectivity index (χ4n) is 0.891. The van der Waals surface area contributed by atoms with E-state index in [1.54, 1.807) is 0 Å². The van der Waals surface area contributed by atoms with Gasteiger partial charge in [0.05, 0.1) is 12.5 Å². The third-order valence-electron chi connectivity index (χ3n) is 1.71. The molecule has 0 unspecified atom stereocenters. The molecule has 1 rings (SSSR count). The Labute approximate surface area is 66.5 Å². The van der Waals surface area contributed by atoms with Crippen molar-refractivity contribution < 1.29 is 9.53 Å². The first kappa shape index (κ1) is 9.72. The third kappa shape index (κ3) is 1.41. The molecule has 1 N–H and O–H groups in total. The zero-order valence-corrected chi connectivity index (χ0v) is 6.96. The van der Waals surface area contributed by atoms with Gasteiger partial charge < -0.3 is 10.1 Å². The van der Waals surface area contributed by atoms with Crippen LogP contribution < -0.4 is 5.32 Å². The molecule has 1 aliphatic heterocycles. The third-order valence-corrected chi connectivity index (χ3v) is 1.71. The van der Waals surface area contributed by atoms with Crippen LogP contribution in [0.5, 0.6) is 0 Å². The number of halogens is 1. The van der Waals surface area contributed by atoms with E-state index in [2.05, 4.69) is 10.1 Å². The van der Waals surface area contributed by atoms with Crippen molar-refractivity contribution in [3.8, 4) is 0 Å². The molecule has 0 aromatic rings. The molecule has 60 valence electrons. The van der Waals surface area contributed by atoms with E-state index in [4.69, 9.17) is 0 Å². The van der Waals surface area contributed by atoms with Crippen LogP contribution in [-0.2, 0) is 9.53 Å². The summed E-state index contributed by atoms with van der Waals surface area (Å²) in [5.41, 5.74) is -0.241. The van der Waals surface area contributed by atoms with Crippen molar-refractivity contribution in [3.05, 3.63) is 0 Å². The van der Waals surface area contributed by atoms with E-state index in [-0.39, 0.29) is 23.8 Å². The van der Waals surface area contributed by atoms with Gasteiger partial charge in [0.1, 0.15) is 0 Å². The Morgan fingerprint density at radius 1 is 1.60 bits per heavy atom. The lowest BCUT2D eigenvalue weighted by atomic mass is 9.84. The zero-order chi connectivity index (χ0) is 6.91. The van der Waals surface area contributed by atoms with Gasteiger partial charge in [-0.2, -0.15) is 0 Å². The smallest absolute Gasteiger partial charge is 0.314 e. The molecule has 0 bridgehead atoms. The maximum absolute atomic E-state index is 10.9. The molecular formula is C6H12ClNO2. The second-order valence-corrected chi connectivity index (χ2v) is 2.66. The number of rotatable bonds is 1. The maximum Gasteiger partial charge on any atom is 0.314 e. The van der Waals surface area contributed by atoms with Gasteiger partial charge in [-0.3, -0.25) is 4.79 Å². The number of hydrogen-bond donors (Lipinski definition) is 1. The van der Waals surface area contributed by atoms with Crippen molar-refractivity contribution >= 4 is 18.4 Å². The fourth-order valence-corrected chi connectivity index (χ4v) is 0.891. The first-order chi connectivity index (χ1) is 4.19. The van der Waals surface area contributed by atoms with Crippen molar-refractivity contribution in [2.45, 2.75) is 6.92 Å². The first-order valence-electron chi connectivity index (χ1n) is 2.98. The Kier molecular flexibility index (Phi) is 3.12. The molecule has 1 saturated heterocycles. The number of carbonyl (C=O) groups excluding carboxylic acids is 1. The molecule has 0 aromatic heterocycles. The molecule has 0 aliphatic carbocycles. The Bertz CT molecular complexity index is 134. The number of hydrogen-bond acceptors (Lipinski definition) is 3. The first-order valence-corrected chi connectivity index (χ1v) is 2.98. The Morgan fingerprint density at radius 3 is 2.20 bits per heavy atom. The predicted molar refractivity (Wildman–Crippen MR) is 40.2 cm³/mol. The molecule has 0 saturated carbocycles. The summed E-state index contributed by atoms with van der Waals surface area (Å²) in [6.45, 7) is 3.40. The van der Waals surface area contributed by atoms with Crippen LogP contribution >= 0.6 is 12.4 Å². The normalized spacial score (nSPS) is 20.2. The van der Waals surface area contributed by atoms with E-state index in [9.17, 15) is 4.79 Å². The molecule has 0 radical (unpaired) electrons. The number of methoxy groups -OCH3 is 1. The van der Waals surface area contributed by atoms with Gasteiger partial charge in [-0.15, -0.1) is 12.4 Å². The van der Waals surface area contributed by atoms with Crippen LogP contribution in [0.25, 0.3) is 0 Å². The van der Waals surface area contributed by atoms with Crippen molar-refractivity contribution in [1.29, 1.82) is 0 Å². The van der Waals surface area contributed by atoms with Gasteiger partial charge in [0.25, 0.3) is 0 Å². The molecule has 4 heteroatoms. The van der Waals surface area contributed by atoms with Gasteiger partial charge >= 0.3 is 5.97 Å². The van der Waals surface area contributed by atoms with E-state index in [0.29, 0.717) is 0 Å². The van der Waals surface area contributed by atoms with Gasteiger partial charge in [-0.05, 0) is 6.92 Å². The van der Waals surface area contributed by atoms with Gasteiger partial charge in [0, 0.05) is 13.1 Å². The summed E-state index contributed by atoms with van der Waals surface area (Å²) in [7, 11) is 1.42. The highest BCUT2D eigenvalue weighted by molar-refractivity contribution is 5.85. The zero-order valence-electron chi connectivity index (χ0n) is 6.14. The van der Waals surface area contributed by atoms with Crippen molar-refractivity contribution in [2.24, 2.45) is 5.41 Å². The molecule has 1 fully saturated rings. The predicted octanol–water partition coefficient (Wildman–Crippen LogP) is 0.191. The standard InChI is InChI=1S/C6H11NO2.ClH/c1-6(3-7-4-6)5(8)9-2;/h7H,3-4H2,1-2H3;1H. The summed E-state index contributed by atoms with van der Waals surface area (Å²) in [5, 5.41) is 3.02. The van der Waals surface area contributed by atoms with Crippen molar-refractivity contribution in [2.75, 3.05) is 20.2 Å². The SMILES string of the molecule is COC(=O)C1(C)CNC1.Cl. The van der Waals surface area contributed by atoms with E-state index in [1.807, 2.05) is 6.92 Å². The van der Waals surface area contributed by atoms with Crippen LogP contribution in [-0.4, -0.2) is 26.2 Å². The summed E-state index contributed by atoms with van der Waals surface area (Å²) >= 11 is 0. The van der Waals surface area contributed by atoms with Gasteiger partial charge in [-0.25, -0.2) is 0 Å². The van der Waals surface area contributed by atoms with E-state index in [1.165, 1.54) is 7.11 Å². The lowest BCUT2D eigenvalue weighted by molar-refractivity contribution is -0.154. The van der Waals surface area contributed by atoms with Crippen LogP contribution in [0.3, 0.4) is 0 Å². The van der Waals surface area contributed by atoms with Gasteiger partial charge in [0.15, 0.2) is 0 Å². The van der Waals surface area contributed by atoms with Crippen LogP contribution in [0.2, 0.25) is 0 Å². The second kappa shape index (κ2) is 3.21. The number of ether oxygens (including phenoxy) is 1. The Balaban J connectivity index is 0.000000810. The minimum atomic E-state index is -0.241. The topological polar surface area (TPSA) is 38.3 Å². The quantitative estimate of drug-likeness (QED) is 0.564. The number of carbonyl (C=O) groups is 1. The Morgan fingerprint density at radius 2 is 2.10 bits per heavy atom. The van der Waals surface area contributed by atoms with E-state index in [0.717, 1.165) is 13.1 Å². The molecule has 10 heavy (non-hydrogen) atoms. The summed E-state index contributed by atoms with van der Waals surface area (Å²) in [4.78, 5) is 10.9. The monoisotopic (exact) mass is 165 g/mol. The Hall–Kier alpha value is -0.280. The van der Waals surface area contributed by atoms with Crippen LogP contribution in [0.1, 0.15) is 6.92 Å². The van der Waals surface area contributed by atoms with E-state index < -0.39 is 0 Å². The molecular weight excluding hydrogens is 154 g/mol. The average molecular weight is 166 g/mol. The molecule has 1 aliphatic rings. The minimum Gasteiger partial charge on any atom is -0.469 e. The minimum absolute atomic E-state index is 0. The summed E-state index contributed by atoms with van der Waals surface area (Å²) in [6, 6.07) is 0. The van der Waals surface area contributed by atoms with Gasteiger partial charge in [0.2, 0.25) is 0 Å². The van der Waals surface area contributed by atoms with Crippen molar-refractivity contribution in [1.82, 2.24) is 5.32 Å². The van der Waals surface area contributed by atoms with Gasteiger partial charge in [-0.1, -0.05) is 0 Å². The fraction of sp³-hybridized carbons (Fsp3) is 0.833. The van der Waals surface area contributed by atoms with E-state index >= 15 is 0 Å². The molecule has 3 nitrogen and oxygen atoms in total.